The maximum Gasteiger partial charge on any atom is 0.344 e. The molecule has 0 saturated heterocycles. The number of fused-ring (bicyclic) bond motifs is 2. The van der Waals surface area contributed by atoms with Crippen LogP contribution in [0.3, 0.4) is 0 Å². The van der Waals surface area contributed by atoms with Crippen LogP contribution in [0.5, 0.6) is 0 Å². The molecule has 3 aromatic rings. The molecule has 0 saturated carbocycles. The number of hydrogen-bond donors (Lipinski definition) is 1. The quantitative estimate of drug-likeness (QED) is 0.552. The minimum absolute atomic E-state index is 0.273. The summed E-state index contributed by atoms with van der Waals surface area (Å²) in [6, 6.07) is 7.52. The molecule has 2 N–H and O–H groups in total. The van der Waals surface area contributed by atoms with Gasteiger partial charge in [0.2, 0.25) is 0 Å². The Morgan fingerprint density at radius 2 is 1.96 bits per heavy atom. The second kappa shape index (κ2) is 6.84. The molecule has 126 valence electrons. The predicted octanol–water partition coefficient (Wildman–Crippen LogP) is 2.38. The molecule has 7 nitrogen and oxygen atoms in total. The van der Waals surface area contributed by atoms with Crippen molar-refractivity contribution in [3.05, 3.63) is 29.8 Å². The van der Waals surface area contributed by atoms with E-state index in [2.05, 4.69) is 9.97 Å². The van der Waals surface area contributed by atoms with Gasteiger partial charge in [0.25, 0.3) is 0 Å². The highest BCUT2D eigenvalue weighted by Crippen LogP contribution is 2.28. The molecule has 0 aliphatic rings. The lowest BCUT2D eigenvalue weighted by atomic mass is 10.2. The Kier molecular flexibility index (Phi) is 4.61. The number of benzene rings is 1. The number of carbonyl (C=O) groups is 1. The summed E-state index contributed by atoms with van der Waals surface area (Å²) in [7, 11) is 1.65. The van der Waals surface area contributed by atoms with E-state index in [1.807, 2.05) is 24.3 Å². The van der Waals surface area contributed by atoms with Crippen molar-refractivity contribution in [1.82, 2.24) is 14.5 Å². The van der Waals surface area contributed by atoms with Crippen LogP contribution in [0.4, 0.5) is 5.82 Å². The number of aryl methyl sites for hydroxylation is 1. The molecular weight excluding hydrogens is 308 g/mol. The molecule has 1 aromatic carbocycles. The Morgan fingerprint density at radius 3 is 2.62 bits per heavy atom. The molecule has 7 heteroatoms. The highest BCUT2D eigenvalue weighted by Gasteiger charge is 2.24. The van der Waals surface area contributed by atoms with Crippen LogP contribution in [-0.4, -0.2) is 40.8 Å². The summed E-state index contributed by atoms with van der Waals surface area (Å²) in [5, 5.41) is 0. The molecule has 0 radical (unpaired) electrons. The van der Waals surface area contributed by atoms with Gasteiger partial charge < -0.3 is 19.8 Å². The summed E-state index contributed by atoms with van der Waals surface area (Å²) in [6.45, 7) is 3.21. The first kappa shape index (κ1) is 16.2. The van der Waals surface area contributed by atoms with Gasteiger partial charge in [0.05, 0.1) is 17.6 Å². The molecule has 0 bridgehead atoms. The number of carbonyl (C=O) groups excluding carboxylic acids is 1. The number of rotatable bonds is 6. The van der Waals surface area contributed by atoms with Gasteiger partial charge in [-0.25, -0.2) is 14.8 Å². The average Bonchev–Trinajstić information content (AvgIpc) is 2.84. The van der Waals surface area contributed by atoms with Crippen LogP contribution in [0.2, 0.25) is 0 Å². The zero-order chi connectivity index (χ0) is 17.1. The Balaban J connectivity index is 2.22. The van der Waals surface area contributed by atoms with E-state index in [0.29, 0.717) is 35.7 Å². The maximum absolute atomic E-state index is 12.4. The largest absolute Gasteiger partial charge is 0.462 e. The van der Waals surface area contributed by atoms with Crippen molar-refractivity contribution in [1.29, 1.82) is 0 Å². The van der Waals surface area contributed by atoms with E-state index >= 15 is 0 Å². The van der Waals surface area contributed by atoms with Crippen molar-refractivity contribution >= 4 is 34.0 Å². The van der Waals surface area contributed by atoms with Gasteiger partial charge in [-0.15, -0.1) is 0 Å². The predicted molar refractivity (Wildman–Crippen MR) is 91.9 cm³/mol. The van der Waals surface area contributed by atoms with Gasteiger partial charge in [0, 0.05) is 20.3 Å². The van der Waals surface area contributed by atoms with Gasteiger partial charge >= 0.3 is 5.97 Å². The number of anilines is 1. The molecule has 0 aliphatic heterocycles. The van der Waals surface area contributed by atoms with Crippen molar-refractivity contribution in [3.63, 3.8) is 0 Å². The minimum Gasteiger partial charge on any atom is -0.462 e. The summed E-state index contributed by atoms with van der Waals surface area (Å²) < 4.78 is 12.0. The van der Waals surface area contributed by atoms with Gasteiger partial charge in [0.15, 0.2) is 5.65 Å². The van der Waals surface area contributed by atoms with Gasteiger partial charge in [-0.3, -0.25) is 0 Å². The molecule has 0 aliphatic carbocycles. The van der Waals surface area contributed by atoms with Crippen LogP contribution in [0, 0.1) is 0 Å². The summed E-state index contributed by atoms with van der Waals surface area (Å²) in [5.74, 6) is -0.148. The molecule has 0 spiro atoms. The van der Waals surface area contributed by atoms with Crippen LogP contribution in [0.1, 0.15) is 23.7 Å². The Morgan fingerprint density at radius 1 is 1.25 bits per heavy atom. The topological polar surface area (TPSA) is 92.3 Å². The molecule has 3 rings (SSSR count). The molecule has 24 heavy (non-hydrogen) atoms. The second-order valence-corrected chi connectivity index (χ2v) is 5.36. The molecular formula is C17H20N4O3. The van der Waals surface area contributed by atoms with Crippen molar-refractivity contribution < 1.29 is 14.3 Å². The standard InChI is InChI=1S/C17H20N4O3/c1-3-24-17(22)13-14-16(21(15(13)18)9-6-10-23-2)20-12-8-5-4-7-11(12)19-14/h4-5,7-8H,3,6,9-10,18H2,1-2H3. The zero-order valence-corrected chi connectivity index (χ0v) is 13.8. The van der Waals surface area contributed by atoms with E-state index in [9.17, 15) is 4.79 Å². The number of methoxy groups -OCH3 is 1. The number of esters is 1. The third kappa shape index (κ3) is 2.78. The summed E-state index contributed by atoms with van der Waals surface area (Å²) >= 11 is 0. The molecule has 0 unspecified atom stereocenters. The number of nitrogens with zero attached hydrogens (tertiary/aromatic N) is 3. The van der Waals surface area contributed by atoms with E-state index in [0.717, 1.165) is 11.9 Å². The lowest BCUT2D eigenvalue weighted by Crippen LogP contribution is -2.10. The fraction of sp³-hybridized carbons (Fsp3) is 0.353. The highest BCUT2D eigenvalue weighted by molar-refractivity contribution is 6.08. The van der Waals surface area contributed by atoms with Crippen molar-refractivity contribution in [2.75, 3.05) is 26.1 Å². The number of hydrogen-bond acceptors (Lipinski definition) is 6. The number of para-hydroxylation sites is 2. The van der Waals surface area contributed by atoms with Crippen molar-refractivity contribution in [2.24, 2.45) is 0 Å². The number of nitrogen functional groups attached to an aromatic ring is 1. The second-order valence-electron chi connectivity index (χ2n) is 5.36. The van der Waals surface area contributed by atoms with Gasteiger partial charge in [-0.1, -0.05) is 12.1 Å². The van der Waals surface area contributed by atoms with E-state index in [4.69, 9.17) is 15.2 Å². The molecule has 2 aromatic heterocycles. The van der Waals surface area contributed by atoms with E-state index in [1.165, 1.54) is 0 Å². The first-order chi connectivity index (χ1) is 11.7. The molecule has 0 amide bonds. The van der Waals surface area contributed by atoms with Crippen LogP contribution in [0.25, 0.3) is 22.2 Å². The fourth-order valence-electron chi connectivity index (χ4n) is 2.71. The third-order valence-electron chi connectivity index (χ3n) is 3.80. The van der Waals surface area contributed by atoms with Crippen LogP contribution < -0.4 is 5.73 Å². The van der Waals surface area contributed by atoms with Gasteiger partial charge in [0.1, 0.15) is 16.9 Å². The monoisotopic (exact) mass is 328 g/mol. The fourth-order valence-corrected chi connectivity index (χ4v) is 2.71. The minimum atomic E-state index is -0.477. The van der Waals surface area contributed by atoms with Crippen LogP contribution in [-0.2, 0) is 16.0 Å². The van der Waals surface area contributed by atoms with E-state index in [1.54, 1.807) is 18.6 Å². The van der Waals surface area contributed by atoms with E-state index in [-0.39, 0.29) is 12.2 Å². The molecule has 0 fully saturated rings. The van der Waals surface area contributed by atoms with Gasteiger partial charge in [-0.2, -0.15) is 0 Å². The Hall–Kier alpha value is -2.67. The zero-order valence-electron chi connectivity index (χ0n) is 13.8. The summed E-state index contributed by atoms with van der Waals surface area (Å²) in [6.07, 6.45) is 0.751. The molecule has 2 heterocycles. The van der Waals surface area contributed by atoms with Crippen molar-refractivity contribution in [3.8, 4) is 0 Å². The first-order valence-electron chi connectivity index (χ1n) is 7.87. The lowest BCUT2D eigenvalue weighted by Gasteiger charge is -2.07. The highest BCUT2D eigenvalue weighted by atomic mass is 16.5. The Labute approximate surface area is 139 Å². The normalized spacial score (nSPS) is 11.2. The lowest BCUT2D eigenvalue weighted by molar-refractivity contribution is 0.0529. The van der Waals surface area contributed by atoms with Crippen molar-refractivity contribution in [2.45, 2.75) is 19.9 Å². The van der Waals surface area contributed by atoms with Crippen LogP contribution >= 0.6 is 0 Å². The summed E-state index contributed by atoms with van der Waals surface area (Å²) in [5.41, 5.74) is 9.04. The third-order valence-corrected chi connectivity index (χ3v) is 3.80. The number of aromatic nitrogens is 3. The molecule has 0 atom stereocenters. The SMILES string of the molecule is CCOC(=O)c1c(N)n(CCCOC)c2nc3ccccc3nc12. The van der Waals surface area contributed by atoms with E-state index < -0.39 is 5.97 Å². The maximum atomic E-state index is 12.4. The summed E-state index contributed by atoms with van der Waals surface area (Å²) in [4.78, 5) is 21.6. The Bertz CT molecular complexity index is 888. The smallest absolute Gasteiger partial charge is 0.344 e. The first-order valence-corrected chi connectivity index (χ1v) is 7.87. The number of ether oxygens (including phenoxy) is 2. The average molecular weight is 328 g/mol. The van der Waals surface area contributed by atoms with Gasteiger partial charge in [-0.05, 0) is 25.5 Å². The number of nitrogens with two attached hydrogens (primary N) is 1. The van der Waals surface area contributed by atoms with Crippen LogP contribution in [0.15, 0.2) is 24.3 Å².